The van der Waals surface area contributed by atoms with Crippen molar-refractivity contribution in [1.82, 2.24) is 10.6 Å². The van der Waals surface area contributed by atoms with E-state index in [1.165, 1.54) is 0 Å². The van der Waals surface area contributed by atoms with E-state index in [0.29, 0.717) is 0 Å². The van der Waals surface area contributed by atoms with Crippen LogP contribution in [0.4, 0.5) is 0 Å². The molecule has 1 aromatic rings. The van der Waals surface area contributed by atoms with E-state index in [0.717, 1.165) is 24.3 Å². The Labute approximate surface area is 146 Å². The number of benzene rings is 1. The van der Waals surface area contributed by atoms with Gasteiger partial charge in [0.25, 0.3) is 11.4 Å². The molecule has 0 heterocycles. The van der Waals surface area contributed by atoms with Crippen molar-refractivity contribution in [3.05, 3.63) is 35.4 Å². The average Bonchev–Trinajstić information content (AvgIpc) is 2.60. The molecule has 1 aromatic carbocycles. The van der Waals surface area contributed by atoms with Gasteiger partial charge in [0.15, 0.2) is 0 Å². The number of carbonyl (C=O) groups is 4. The summed E-state index contributed by atoms with van der Waals surface area (Å²) in [5.41, 5.74) is 3.75. The summed E-state index contributed by atoms with van der Waals surface area (Å²) in [7, 11) is 0. The standard InChI is InChI=1S/C14H18N4O8/c15-5-9(19)17-13(25,11(21)22)7-1-2-8(4-3-7)14(26,12(23)24)18-10(20)6-16/h1-4,25-26H,5-6,15-16H2,(H,17,19)(H,18,20)(H,21,22)(H,23,24). The lowest BCUT2D eigenvalue weighted by Gasteiger charge is -2.27. The van der Waals surface area contributed by atoms with Crippen LogP contribution in [0.5, 0.6) is 0 Å². The maximum Gasteiger partial charge on any atom is 0.362 e. The molecule has 0 aromatic heterocycles. The largest absolute Gasteiger partial charge is 0.477 e. The van der Waals surface area contributed by atoms with Crippen molar-refractivity contribution in [2.45, 2.75) is 11.4 Å². The lowest BCUT2D eigenvalue weighted by Crippen LogP contribution is -2.54. The topological polar surface area (TPSA) is 225 Å². The lowest BCUT2D eigenvalue weighted by atomic mass is 9.96. The number of hydrogen-bond acceptors (Lipinski definition) is 8. The minimum atomic E-state index is -2.84. The normalized spacial score (nSPS) is 15.2. The van der Waals surface area contributed by atoms with E-state index in [1.54, 1.807) is 0 Å². The summed E-state index contributed by atoms with van der Waals surface area (Å²) < 4.78 is 0. The molecule has 0 spiro atoms. The SMILES string of the molecule is NCC(=O)NC(O)(C(=O)O)c1ccc(C(O)(NC(=O)CN)C(=O)O)cc1. The number of carboxylic acids is 2. The van der Waals surface area contributed by atoms with Crippen molar-refractivity contribution in [3.8, 4) is 0 Å². The van der Waals surface area contributed by atoms with E-state index >= 15 is 0 Å². The molecule has 0 fully saturated rings. The Hall–Kier alpha value is -3.06. The smallest absolute Gasteiger partial charge is 0.362 e. The Morgan fingerprint density at radius 2 is 1.04 bits per heavy atom. The van der Waals surface area contributed by atoms with Crippen LogP contribution in [-0.4, -0.2) is 57.3 Å². The molecular weight excluding hydrogens is 352 g/mol. The summed E-state index contributed by atoms with van der Waals surface area (Å²) in [6.07, 6.45) is 0. The molecule has 0 aliphatic rings. The molecule has 0 aliphatic carbocycles. The van der Waals surface area contributed by atoms with Gasteiger partial charge in [-0.2, -0.15) is 0 Å². The average molecular weight is 370 g/mol. The van der Waals surface area contributed by atoms with Crippen molar-refractivity contribution < 1.29 is 39.6 Å². The highest BCUT2D eigenvalue weighted by atomic mass is 16.4. The van der Waals surface area contributed by atoms with Crippen molar-refractivity contribution >= 4 is 23.8 Å². The quantitative estimate of drug-likeness (QED) is 0.209. The van der Waals surface area contributed by atoms with Crippen molar-refractivity contribution in [2.24, 2.45) is 11.5 Å². The maximum absolute atomic E-state index is 11.3. The molecule has 26 heavy (non-hydrogen) atoms. The van der Waals surface area contributed by atoms with Crippen LogP contribution in [0.2, 0.25) is 0 Å². The summed E-state index contributed by atoms with van der Waals surface area (Å²) in [4.78, 5) is 45.3. The van der Waals surface area contributed by atoms with Crippen molar-refractivity contribution in [1.29, 1.82) is 0 Å². The van der Waals surface area contributed by atoms with Gasteiger partial charge in [0.05, 0.1) is 13.1 Å². The van der Waals surface area contributed by atoms with Crippen LogP contribution in [0.1, 0.15) is 11.1 Å². The van der Waals surface area contributed by atoms with Gasteiger partial charge in [-0.3, -0.25) is 9.59 Å². The fraction of sp³-hybridized carbons (Fsp3) is 0.286. The fourth-order valence-corrected chi connectivity index (χ4v) is 1.96. The Kier molecular flexibility index (Phi) is 6.36. The number of nitrogens with one attached hydrogen (secondary N) is 2. The minimum absolute atomic E-state index is 0.353. The third-order valence-electron chi connectivity index (χ3n) is 3.35. The van der Waals surface area contributed by atoms with Crippen LogP contribution in [0.25, 0.3) is 0 Å². The molecule has 0 saturated heterocycles. The number of carbonyl (C=O) groups excluding carboxylic acids is 2. The first-order chi connectivity index (χ1) is 12.0. The van der Waals surface area contributed by atoms with Crippen molar-refractivity contribution in [3.63, 3.8) is 0 Å². The van der Waals surface area contributed by atoms with E-state index < -0.39 is 48.3 Å². The summed E-state index contributed by atoms with van der Waals surface area (Å²) in [6.45, 7) is -1.17. The first-order valence-corrected chi connectivity index (χ1v) is 7.06. The monoisotopic (exact) mass is 370 g/mol. The van der Waals surface area contributed by atoms with Gasteiger partial charge in [0.1, 0.15) is 0 Å². The Morgan fingerprint density at radius 1 is 0.769 bits per heavy atom. The number of nitrogens with two attached hydrogens (primary N) is 2. The first-order valence-electron chi connectivity index (χ1n) is 7.06. The zero-order chi connectivity index (χ0) is 20.1. The minimum Gasteiger partial charge on any atom is -0.477 e. The molecule has 142 valence electrons. The van der Waals surface area contributed by atoms with E-state index in [-0.39, 0.29) is 11.1 Å². The van der Waals surface area contributed by atoms with Crippen LogP contribution in [0.15, 0.2) is 24.3 Å². The molecule has 12 heteroatoms. The lowest BCUT2D eigenvalue weighted by molar-refractivity contribution is -0.167. The molecule has 2 amide bonds. The number of aliphatic carboxylic acids is 2. The molecule has 0 aliphatic heterocycles. The molecule has 0 bridgehead atoms. The zero-order valence-corrected chi connectivity index (χ0v) is 13.3. The highest BCUT2D eigenvalue weighted by Gasteiger charge is 2.42. The predicted octanol–water partition coefficient (Wildman–Crippen LogP) is -3.70. The van der Waals surface area contributed by atoms with Crippen LogP contribution in [0, 0.1) is 0 Å². The molecular formula is C14H18N4O8. The van der Waals surface area contributed by atoms with Gasteiger partial charge in [-0.25, -0.2) is 9.59 Å². The first kappa shape index (κ1) is 21.0. The second-order valence-corrected chi connectivity index (χ2v) is 5.11. The zero-order valence-electron chi connectivity index (χ0n) is 13.3. The number of rotatable bonds is 8. The number of carboxylic acid groups (broad SMARTS) is 2. The summed E-state index contributed by atoms with van der Waals surface area (Å²) >= 11 is 0. The van der Waals surface area contributed by atoms with E-state index in [2.05, 4.69) is 0 Å². The van der Waals surface area contributed by atoms with Gasteiger partial charge in [-0.1, -0.05) is 24.3 Å². The molecule has 2 atom stereocenters. The second-order valence-electron chi connectivity index (χ2n) is 5.11. The summed E-state index contributed by atoms with van der Waals surface area (Å²) in [5.74, 6) is -5.57. The third-order valence-corrected chi connectivity index (χ3v) is 3.35. The summed E-state index contributed by atoms with van der Waals surface area (Å²) in [6, 6.07) is 3.79. The second kappa shape index (κ2) is 7.88. The van der Waals surface area contributed by atoms with E-state index in [4.69, 9.17) is 11.5 Å². The van der Waals surface area contributed by atoms with Crippen LogP contribution >= 0.6 is 0 Å². The third kappa shape index (κ3) is 4.12. The van der Waals surface area contributed by atoms with E-state index in [9.17, 15) is 39.6 Å². The Balaban J connectivity index is 3.30. The predicted molar refractivity (Wildman–Crippen MR) is 83.9 cm³/mol. The highest BCUT2D eigenvalue weighted by Crippen LogP contribution is 2.24. The van der Waals surface area contributed by atoms with Crippen molar-refractivity contribution in [2.75, 3.05) is 13.1 Å². The van der Waals surface area contributed by atoms with Gasteiger partial charge in [-0.05, 0) is 0 Å². The van der Waals surface area contributed by atoms with Gasteiger partial charge < -0.3 is 42.5 Å². The highest BCUT2D eigenvalue weighted by molar-refractivity contribution is 5.88. The fourth-order valence-electron chi connectivity index (χ4n) is 1.96. The molecule has 2 unspecified atom stereocenters. The van der Waals surface area contributed by atoms with Gasteiger partial charge in [0.2, 0.25) is 11.8 Å². The molecule has 0 saturated carbocycles. The number of aliphatic hydroxyl groups is 2. The van der Waals surface area contributed by atoms with Crippen LogP contribution in [-0.2, 0) is 30.6 Å². The van der Waals surface area contributed by atoms with Gasteiger partial charge in [-0.15, -0.1) is 0 Å². The Bertz CT molecular complexity index is 661. The molecule has 12 nitrogen and oxygen atoms in total. The van der Waals surface area contributed by atoms with Gasteiger partial charge >= 0.3 is 11.9 Å². The molecule has 10 N–H and O–H groups in total. The van der Waals surface area contributed by atoms with E-state index in [1.807, 2.05) is 10.6 Å². The van der Waals surface area contributed by atoms with Gasteiger partial charge in [0, 0.05) is 11.1 Å². The maximum atomic E-state index is 11.3. The van der Waals surface area contributed by atoms with Crippen LogP contribution in [0.3, 0.4) is 0 Å². The van der Waals surface area contributed by atoms with Crippen LogP contribution < -0.4 is 22.1 Å². The summed E-state index contributed by atoms with van der Waals surface area (Å²) in [5, 5.41) is 42.4. The molecule has 1 rings (SSSR count). The number of hydrogen-bond donors (Lipinski definition) is 8. The Morgan fingerprint density at radius 3 is 1.23 bits per heavy atom. The molecule has 0 radical (unpaired) electrons. The number of amides is 2.